The Bertz CT molecular complexity index is 831. The molecule has 4 rings (SSSR count). The van der Waals surface area contributed by atoms with Crippen molar-refractivity contribution < 1.29 is 19.1 Å². The molecule has 0 radical (unpaired) electrons. The zero-order valence-electron chi connectivity index (χ0n) is 16.6. The molecule has 0 saturated carbocycles. The summed E-state index contributed by atoms with van der Waals surface area (Å²) in [7, 11) is 0. The third-order valence-electron chi connectivity index (χ3n) is 5.78. The van der Waals surface area contributed by atoms with Gasteiger partial charge < -0.3 is 14.8 Å². The number of carbonyl (C=O) groups excluding carboxylic acids is 2. The summed E-state index contributed by atoms with van der Waals surface area (Å²) in [6.07, 6.45) is 4.52. The molecule has 3 atom stereocenters. The highest BCUT2D eigenvalue weighted by molar-refractivity contribution is 7.08. The highest BCUT2D eigenvalue weighted by atomic mass is 32.1. The molecule has 3 heterocycles. The van der Waals surface area contributed by atoms with E-state index >= 15 is 0 Å². The standard InChI is InChI=1S/C22H27NO4S/c1-13-18(21(25)27-11-15-5-4-7-26-15)19(14-6-8-28-12-14)20-16(23-13)9-22(2,3)10-17(20)24/h6,8-9,12,15,19-20,23H,4-5,7,10-11H2,1-3H3. The molecule has 0 spiro atoms. The number of thiophene rings is 1. The van der Waals surface area contributed by atoms with Gasteiger partial charge in [0, 0.05) is 30.3 Å². The normalized spacial score (nSPS) is 29.2. The van der Waals surface area contributed by atoms with Crippen LogP contribution < -0.4 is 5.32 Å². The van der Waals surface area contributed by atoms with E-state index in [4.69, 9.17) is 9.47 Å². The van der Waals surface area contributed by atoms with Gasteiger partial charge in [-0.2, -0.15) is 11.3 Å². The molecule has 1 saturated heterocycles. The molecular weight excluding hydrogens is 374 g/mol. The highest BCUT2D eigenvalue weighted by Crippen LogP contribution is 2.47. The van der Waals surface area contributed by atoms with E-state index in [2.05, 4.69) is 25.2 Å². The van der Waals surface area contributed by atoms with Gasteiger partial charge in [-0.1, -0.05) is 19.9 Å². The quantitative estimate of drug-likeness (QED) is 0.775. The van der Waals surface area contributed by atoms with Gasteiger partial charge in [-0.25, -0.2) is 4.79 Å². The second-order valence-corrected chi connectivity index (χ2v) is 9.42. The number of esters is 1. The van der Waals surface area contributed by atoms with Crippen LogP contribution in [0.5, 0.6) is 0 Å². The number of hydrogen-bond acceptors (Lipinski definition) is 6. The van der Waals surface area contributed by atoms with Crippen molar-refractivity contribution in [2.45, 2.75) is 52.1 Å². The minimum atomic E-state index is -0.364. The minimum Gasteiger partial charge on any atom is -0.460 e. The fourth-order valence-electron chi connectivity index (χ4n) is 4.57. The third kappa shape index (κ3) is 3.67. The van der Waals surface area contributed by atoms with Crippen LogP contribution in [0.3, 0.4) is 0 Å². The summed E-state index contributed by atoms with van der Waals surface area (Å²) in [6.45, 7) is 7.02. The largest absolute Gasteiger partial charge is 0.460 e. The van der Waals surface area contributed by atoms with Gasteiger partial charge in [-0.15, -0.1) is 0 Å². The fourth-order valence-corrected chi connectivity index (χ4v) is 5.27. The second-order valence-electron chi connectivity index (χ2n) is 8.64. The summed E-state index contributed by atoms with van der Waals surface area (Å²) in [6, 6.07) is 2.01. The molecule has 6 heteroatoms. The van der Waals surface area contributed by atoms with Gasteiger partial charge >= 0.3 is 5.97 Å². The molecule has 0 bridgehead atoms. The molecule has 3 unspecified atom stereocenters. The van der Waals surface area contributed by atoms with Crippen LogP contribution in [0, 0.1) is 11.3 Å². The first-order chi connectivity index (χ1) is 13.4. The lowest BCUT2D eigenvalue weighted by Crippen LogP contribution is -2.43. The van der Waals surface area contributed by atoms with Crippen LogP contribution >= 0.6 is 11.3 Å². The lowest BCUT2D eigenvalue weighted by molar-refractivity contribution is -0.143. The van der Waals surface area contributed by atoms with E-state index in [1.807, 2.05) is 23.8 Å². The van der Waals surface area contributed by atoms with Crippen molar-refractivity contribution in [2.75, 3.05) is 13.2 Å². The van der Waals surface area contributed by atoms with Gasteiger partial charge in [0.25, 0.3) is 0 Å². The van der Waals surface area contributed by atoms with Gasteiger partial charge in [0.15, 0.2) is 0 Å². The number of hydrogen-bond donors (Lipinski definition) is 1. The topological polar surface area (TPSA) is 64.6 Å². The predicted octanol–water partition coefficient (Wildman–Crippen LogP) is 3.93. The molecule has 28 heavy (non-hydrogen) atoms. The highest BCUT2D eigenvalue weighted by Gasteiger charge is 2.46. The lowest BCUT2D eigenvalue weighted by Gasteiger charge is -2.41. The van der Waals surface area contributed by atoms with Crippen molar-refractivity contribution in [3.8, 4) is 0 Å². The molecule has 1 aromatic rings. The average molecular weight is 402 g/mol. The number of ketones is 1. The van der Waals surface area contributed by atoms with Crippen molar-refractivity contribution in [3.05, 3.63) is 45.4 Å². The van der Waals surface area contributed by atoms with E-state index in [1.165, 1.54) is 0 Å². The molecule has 150 valence electrons. The molecule has 2 aliphatic heterocycles. The molecule has 1 N–H and O–H groups in total. The number of rotatable bonds is 4. The Labute approximate surface area is 169 Å². The summed E-state index contributed by atoms with van der Waals surface area (Å²) < 4.78 is 11.2. The first-order valence-corrected chi connectivity index (χ1v) is 10.8. The van der Waals surface area contributed by atoms with E-state index in [0.717, 1.165) is 36.4 Å². The zero-order chi connectivity index (χ0) is 19.9. The Morgan fingerprint density at radius 3 is 2.89 bits per heavy atom. The first kappa shape index (κ1) is 19.4. The van der Waals surface area contributed by atoms with Crippen LogP contribution in [0.4, 0.5) is 0 Å². The van der Waals surface area contributed by atoms with Gasteiger partial charge in [0.2, 0.25) is 0 Å². The van der Waals surface area contributed by atoms with Gasteiger partial charge in [-0.05, 0) is 47.6 Å². The van der Waals surface area contributed by atoms with E-state index in [0.29, 0.717) is 12.0 Å². The van der Waals surface area contributed by atoms with Crippen molar-refractivity contribution >= 4 is 23.1 Å². The van der Waals surface area contributed by atoms with E-state index in [-0.39, 0.29) is 41.7 Å². The Morgan fingerprint density at radius 2 is 2.21 bits per heavy atom. The molecule has 1 fully saturated rings. The van der Waals surface area contributed by atoms with Crippen LogP contribution in [-0.4, -0.2) is 31.1 Å². The smallest absolute Gasteiger partial charge is 0.336 e. The fraction of sp³-hybridized carbons (Fsp3) is 0.545. The summed E-state index contributed by atoms with van der Waals surface area (Å²) in [5.74, 6) is -0.854. The lowest BCUT2D eigenvalue weighted by atomic mass is 9.67. The molecule has 1 aromatic heterocycles. The number of nitrogens with one attached hydrogen (secondary N) is 1. The maximum absolute atomic E-state index is 13.1. The average Bonchev–Trinajstić information content (AvgIpc) is 3.31. The Kier molecular flexibility index (Phi) is 5.19. The van der Waals surface area contributed by atoms with Crippen LogP contribution in [0.2, 0.25) is 0 Å². The third-order valence-corrected chi connectivity index (χ3v) is 6.49. The van der Waals surface area contributed by atoms with Crippen LogP contribution in [0.25, 0.3) is 0 Å². The maximum Gasteiger partial charge on any atom is 0.336 e. The van der Waals surface area contributed by atoms with E-state index in [9.17, 15) is 9.59 Å². The Morgan fingerprint density at radius 1 is 1.39 bits per heavy atom. The summed E-state index contributed by atoms with van der Waals surface area (Å²) >= 11 is 1.58. The Balaban J connectivity index is 1.69. The van der Waals surface area contributed by atoms with Crippen molar-refractivity contribution in [1.29, 1.82) is 0 Å². The number of ether oxygens (including phenoxy) is 2. The van der Waals surface area contributed by atoms with Crippen molar-refractivity contribution in [3.63, 3.8) is 0 Å². The molecule has 0 aromatic carbocycles. The first-order valence-electron chi connectivity index (χ1n) is 9.90. The van der Waals surface area contributed by atoms with Crippen LogP contribution in [0.15, 0.2) is 39.9 Å². The summed E-state index contributed by atoms with van der Waals surface area (Å²) in [5, 5.41) is 7.36. The van der Waals surface area contributed by atoms with Crippen LogP contribution in [0.1, 0.15) is 51.5 Å². The van der Waals surface area contributed by atoms with E-state index < -0.39 is 0 Å². The summed E-state index contributed by atoms with van der Waals surface area (Å²) in [5.41, 5.74) is 3.05. The SMILES string of the molecule is CC1=C(C(=O)OCC2CCCO2)C(c2ccsc2)C2C(=O)CC(C)(C)C=C2N1. The molecular formula is C22H27NO4S. The number of fused-ring (bicyclic) bond motifs is 1. The number of allylic oxidation sites excluding steroid dienone is 3. The minimum absolute atomic E-state index is 0.0198. The van der Waals surface area contributed by atoms with Gasteiger partial charge in [0.1, 0.15) is 12.4 Å². The summed E-state index contributed by atoms with van der Waals surface area (Å²) in [4.78, 5) is 26.2. The monoisotopic (exact) mass is 401 g/mol. The molecule has 0 amide bonds. The van der Waals surface area contributed by atoms with Gasteiger partial charge in [-0.3, -0.25) is 4.79 Å². The van der Waals surface area contributed by atoms with Crippen molar-refractivity contribution in [2.24, 2.45) is 11.3 Å². The number of Topliss-reactive ketones (excluding diaryl/α,β-unsaturated/α-hetero) is 1. The van der Waals surface area contributed by atoms with E-state index in [1.54, 1.807) is 11.3 Å². The van der Waals surface area contributed by atoms with Crippen molar-refractivity contribution in [1.82, 2.24) is 5.32 Å². The molecule has 5 nitrogen and oxygen atoms in total. The molecule has 3 aliphatic rings. The van der Waals surface area contributed by atoms with Gasteiger partial charge in [0.05, 0.1) is 17.6 Å². The predicted molar refractivity (Wildman–Crippen MR) is 108 cm³/mol. The van der Waals surface area contributed by atoms with Crippen LogP contribution in [-0.2, 0) is 19.1 Å². The zero-order valence-corrected chi connectivity index (χ0v) is 17.4. The molecule has 1 aliphatic carbocycles. The Hall–Kier alpha value is -1.92. The second kappa shape index (κ2) is 7.48. The number of carbonyl (C=O) groups is 2. The maximum atomic E-state index is 13.1.